The molecule has 1 unspecified atom stereocenters. The first kappa shape index (κ1) is 12.0. The van der Waals surface area contributed by atoms with Crippen LogP contribution in [-0.4, -0.2) is 22.4 Å². The topological polar surface area (TPSA) is 27.6 Å². The maximum absolute atomic E-state index is 5.37. The average molecular weight is 247 g/mol. The number of hydrogen-bond acceptors (Lipinski definition) is 2. The Labute approximate surface area is 108 Å². The van der Waals surface area contributed by atoms with Crippen LogP contribution in [0.1, 0.15) is 31.9 Å². The van der Waals surface area contributed by atoms with E-state index in [2.05, 4.69) is 36.4 Å². The Bertz CT molecular complexity index is 414. The lowest BCUT2D eigenvalue weighted by molar-refractivity contribution is 0.361. The lowest BCUT2D eigenvalue weighted by atomic mass is 10.1. The minimum absolute atomic E-state index is 0.231. The van der Waals surface area contributed by atoms with Crippen molar-refractivity contribution < 1.29 is 0 Å². The van der Waals surface area contributed by atoms with Crippen LogP contribution in [0.25, 0.3) is 0 Å². The van der Waals surface area contributed by atoms with Crippen molar-refractivity contribution in [3.8, 4) is 0 Å². The molecule has 1 aromatic carbocycles. The van der Waals surface area contributed by atoms with Crippen LogP contribution in [-0.2, 0) is 0 Å². The van der Waals surface area contributed by atoms with Crippen molar-refractivity contribution in [2.45, 2.75) is 32.4 Å². The maximum atomic E-state index is 5.37. The van der Waals surface area contributed by atoms with Crippen LogP contribution in [0.15, 0.2) is 35.4 Å². The van der Waals surface area contributed by atoms with Gasteiger partial charge in [-0.1, -0.05) is 30.3 Å². The number of nitrogens with zero attached hydrogens (tertiary/aromatic N) is 2. The summed E-state index contributed by atoms with van der Waals surface area (Å²) in [6.45, 7) is 4.15. The van der Waals surface area contributed by atoms with Crippen LogP contribution in [0, 0.1) is 0 Å². The summed E-state index contributed by atoms with van der Waals surface area (Å²) >= 11 is 5.37. The van der Waals surface area contributed by atoms with E-state index in [1.807, 2.05) is 29.4 Å². The monoisotopic (exact) mass is 247 g/mol. The Morgan fingerprint density at radius 1 is 1.41 bits per heavy atom. The fraction of sp³-hybridized carbons (Fsp3) is 0.385. The van der Waals surface area contributed by atoms with Crippen molar-refractivity contribution in [3.63, 3.8) is 0 Å². The van der Waals surface area contributed by atoms with Gasteiger partial charge in [0.25, 0.3) is 0 Å². The summed E-state index contributed by atoms with van der Waals surface area (Å²) < 4.78 is 0. The molecule has 1 aliphatic heterocycles. The van der Waals surface area contributed by atoms with E-state index in [1.54, 1.807) is 0 Å². The zero-order valence-corrected chi connectivity index (χ0v) is 10.9. The van der Waals surface area contributed by atoms with Crippen molar-refractivity contribution in [2.75, 3.05) is 0 Å². The van der Waals surface area contributed by atoms with E-state index in [-0.39, 0.29) is 6.04 Å². The summed E-state index contributed by atoms with van der Waals surface area (Å²) in [5, 5.41) is 10.2. The molecule has 0 bridgehead atoms. The van der Waals surface area contributed by atoms with Gasteiger partial charge in [0.1, 0.15) is 0 Å². The molecule has 2 rings (SSSR count). The number of benzene rings is 1. The lowest BCUT2D eigenvalue weighted by Gasteiger charge is -2.26. The summed E-state index contributed by atoms with van der Waals surface area (Å²) in [5.74, 6) is 0. The fourth-order valence-electron chi connectivity index (χ4n) is 1.87. The molecule has 0 radical (unpaired) electrons. The molecule has 1 aliphatic rings. The van der Waals surface area contributed by atoms with E-state index >= 15 is 0 Å². The maximum Gasteiger partial charge on any atom is 0.190 e. The van der Waals surface area contributed by atoms with Crippen LogP contribution < -0.4 is 5.32 Å². The Balaban J connectivity index is 2.12. The van der Waals surface area contributed by atoms with Gasteiger partial charge >= 0.3 is 0 Å². The smallest absolute Gasteiger partial charge is 0.190 e. The third-order valence-corrected chi connectivity index (χ3v) is 2.94. The summed E-state index contributed by atoms with van der Waals surface area (Å²) in [5.41, 5.74) is 1.25. The van der Waals surface area contributed by atoms with Crippen molar-refractivity contribution in [1.29, 1.82) is 0 Å². The highest BCUT2D eigenvalue weighted by atomic mass is 32.1. The number of nitrogens with one attached hydrogen (secondary N) is 1. The molecule has 0 aromatic heterocycles. The Hall–Kier alpha value is -1.42. The summed E-state index contributed by atoms with van der Waals surface area (Å²) in [6, 6.07) is 10.9. The zero-order valence-electron chi connectivity index (χ0n) is 10.1. The molecule has 4 heteroatoms. The Kier molecular flexibility index (Phi) is 3.74. The van der Waals surface area contributed by atoms with Gasteiger partial charge < -0.3 is 5.32 Å². The van der Waals surface area contributed by atoms with E-state index in [9.17, 15) is 0 Å². The SMILES string of the molecule is CC(C)NC(=S)N1N=CCC1c1ccccc1. The molecular weight excluding hydrogens is 230 g/mol. The van der Waals surface area contributed by atoms with E-state index in [4.69, 9.17) is 12.2 Å². The van der Waals surface area contributed by atoms with Gasteiger partial charge in [-0.25, -0.2) is 5.01 Å². The number of hydrogen-bond donors (Lipinski definition) is 1. The second kappa shape index (κ2) is 5.27. The van der Waals surface area contributed by atoms with Gasteiger partial charge in [0.15, 0.2) is 5.11 Å². The molecule has 0 spiro atoms. The molecule has 1 N–H and O–H groups in total. The zero-order chi connectivity index (χ0) is 12.3. The molecule has 17 heavy (non-hydrogen) atoms. The Morgan fingerprint density at radius 2 is 2.12 bits per heavy atom. The van der Waals surface area contributed by atoms with E-state index < -0.39 is 0 Å². The molecule has 3 nitrogen and oxygen atoms in total. The molecule has 1 atom stereocenters. The molecule has 1 heterocycles. The first-order valence-corrected chi connectivity index (χ1v) is 6.26. The van der Waals surface area contributed by atoms with Crippen LogP contribution >= 0.6 is 12.2 Å². The molecule has 0 fully saturated rings. The van der Waals surface area contributed by atoms with Crippen molar-refractivity contribution in [1.82, 2.24) is 10.3 Å². The first-order valence-electron chi connectivity index (χ1n) is 5.85. The van der Waals surface area contributed by atoms with Gasteiger partial charge in [-0.05, 0) is 31.6 Å². The standard InChI is InChI=1S/C13H17N3S/c1-10(2)15-13(17)16-12(8-9-14-16)11-6-4-3-5-7-11/h3-7,9-10,12H,8H2,1-2H3,(H,15,17). The van der Waals surface area contributed by atoms with Gasteiger partial charge in [-0.2, -0.15) is 5.10 Å². The predicted octanol–water partition coefficient (Wildman–Crippen LogP) is 2.70. The molecular formula is C13H17N3S. The molecule has 0 saturated heterocycles. The summed E-state index contributed by atoms with van der Waals surface area (Å²) in [7, 11) is 0. The van der Waals surface area contributed by atoms with Crippen molar-refractivity contribution in [3.05, 3.63) is 35.9 Å². The Morgan fingerprint density at radius 3 is 2.76 bits per heavy atom. The molecule has 1 aromatic rings. The third kappa shape index (κ3) is 2.82. The van der Waals surface area contributed by atoms with Gasteiger partial charge in [0.05, 0.1) is 6.04 Å². The molecule has 0 amide bonds. The van der Waals surface area contributed by atoms with Gasteiger partial charge in [-0.3, -0.25) is 0 Å². The van der Waals surface area contributed by atoms with Crippen molar-refractivity contribution >= 4 is 23.5 Å². The molecule has 0 aliphatic carbocycles. The second-order valence-electron chi connectivity index (χ2n) is 4.41. The number of rotatable bonds is 2. The second-order valence-corrected chi connectivity index (χ2v) is 4.80. The minimum atomic E-state index is 0.231. The lowest BCUT2D eigenvalue weighted by Crippen LogP contribution is -2.40. The molecule has 90 valence electrons. The van der Waals surface area contributed by atoms with Crippen LogP contribution in [0.3, 0.4) is 0 Å². The fourth-order valence-corrected chi connectivity index (χ4v) is 2.28. The van der Waals surface area contributed by atoms with Gasteiger partial charge in [-0.15, -0.1) is 0 Å². The third-order valence-electron chi connectivity index (χ3n) is 2.63. The normalized spacial score (nSPS) is 18.8. The average Bonchev–Trinajstić information content (AvgIpc) is 2.78. The van der Waals surface area contributed by atoms with Crippen LogP contribution in [0.5, 0.6) is 0 Å². The van der Waals surface area contributed by atoms with Crippen LogP contribution in [0.4, 0.5) is 0 Å². The summed E-state index contributed by atoms with van der Waals surface area (Å²) in [4.78, 5) is 0. The van der Waals surface area contributed by atoms with E-state index in [1.165, 1.54) is 5.56 Å². The van der Waals surface area contributed by atoms with Gasteiger partial charge in [0.2, 0.25) is 0 Å². The van der Waals surface area contributed by atoms with E-state index in [0.29, 0.717) is 11.2 Å². The number of thiocarbonyl (C=S) groups is 1. The van der Waals surface area contributed by atoms with E-state index in [0.717, 1.165) is 6.42 Å². The summed E-state index contributed by atoms with van der Waals surface area (Å²) in [6.07, 6.45) is 2.83. The van der Waals surface area contributed by atoms with Crippen LogP contribution in [0.2, 0.25) is 0 Å². The quantitative estimate of drug-likeness (QED) is 0.814. The highest BCUT2D eigenvalue weighted by molar-refractivity contribution is 7.80. The number of hydrazone groups is 1. The molecule has 0 saturated carbocycles. The first-order chi connectivity index (χ1) is 8.18. The highest BCUT2D eigenvalue weighted by Crippen LogP contribution is 2.27. The minimum Gasteiger partial charge on any atom is -0.359 e. The van der Waals surface area contributed by atoms with Crippen molar-refractivity contribution in [2.24, 2.45) is 5.10 Å². The predicted molar refractivity (Wildman–Crippen MR) is 75.0 cm³/mol. The highest BCUT2D eigenvalue weighted by Gasteiger charge is 2.25. The van der Waals surface area contributed by atoms with Gasteiger partial charge in [0, 0.05) is 18.7 Å². The largest absolute Gasteiger partial charge is 0.359 e.